The van der Waals surface area contributed by atoms with Gasteiger partial charge in [-0.2, -0.15) is 0 Å². The van der Waals surface area contributed by atoms with E-state index in [1.54, 1.807) is 0 Å². The number of halogens is 2. The highest BCUT2D eigenvalue weighted by atomic mass is 79.9. The van der Waals surface area contributed by atoms with Crippen LogP contribution in [0, 0.1) is 5.41 Å². The van der Waals surface area contributed by atoms with Crippen LogP contribution in [0.1, 0.15) is 13.8 Å². The Morgan fingerprint density at radius 3 is 2.64 bits per heavy atom. The Morgan fingerprint density at radius 2 is 2.07 bits per heavy atom. The number of rotatable bonds is 4. The van der Waals surface area contributed by atoms with E-state index in [2.05, 4.69) is 45.7 Å². The molecule has 0 fully saturated rings. The minimum absolute atomic E-state index is 0.169. The van der Waals surface area contributed by atoms with E-state index in [0.29, 0.717) is 6.61 Å². The molecule has 14 heavy (non-hydrogen) atoms. The van der Waals surface area contributed by atoms with Gasteiger partial charge in [-0.3, -0.25) is 0 Å². The van der Waals surface area contributed by atoms with Crippen LogP contribution >= 0.6 is 31.9 Å². The topological polar surface area (TPSA) is 9.23 Å². The fourth-order valence-corrected chi connectivity index (χ4v) is 1.41. The maximum atomic E-state index is 5.68. The first kappa shape index (κ1) is 12.1. The van der Waals surface area contributed by atoms with E-state index >= 15 is 0 Å². The molecule has 0 N–H and O–H groups in total. The molecule has 0 saturated heterocycles. The predicted molar refractivity (Wildman–Crippen MR) is 67.2 cm³/mol. The lowest BCUT2D eigenvalue weighted by atomic mass is 9.98. The largest absolute Gasteiger partial charge is 0.493 e. The summed E-state index contributed by atoms with van der Waals surface area (Å²) in [5, 5.41) is 0.938. The highest BCUT2D eigenvalue weighted by Crippen LogP contribution is 2.22. The quantitative estimate of drug-likeness (QED) is 0.753. The Hall–Kier alpha value is -0.0200. The maximum absolute atomic E-state index is 5.68. The van der Waals surface area contributed by atoms with Gasteiger partial charge in [0, 0.05) is 15.2 Å². The van der Waals surface area contributed by atoms with Crippen LogP contribution in [0.15, 0.2) is 28.7 Å². The number of benzene rings is 1. The molecule has 0 heterocycles. The molecule has 0 aliphatic rings. The van der Waals surface area contributed by atoms with Crippen LogP contribution in [0.3, 0.4) is 0 Å². The molecule has 0 aliphatic carbocycles. The molecule has 0 spiro atoms. The summed E-state index contributed by atoms with van der Waals surface area (Å²) in [6.45, 7) is 5.05. The second kappa shape index (κ2) is 5.17. The highest BCUT2D eigenvalue weighted by molar-refractivity contribution is 9.10. The van der Waals surface area contributed by atoms with Crippen LogP contribution < -0.4 is 4.74 Å². The Kier molecular flexibility index (Phi) is 4.45. The van der Waals surface area contributed by atoms with E-state index in [1.165, 1.54) is 0 Å². The summed E-state index contributed by atoms with van der Waals surface area (Å²) in [7, 11) is 0. The molecule has 0 radical (unpaired) electrons. The zero-order valence-electron chi connectivity index (χ0n) is 8.39. The van der Waals surface area contributed by atoms with Crippen molar-refractivity contribution >= 4 is 31.9 Å². The van der Waals surface area contributed by atoms with E-state index in [1.807, 2.05) is 24.3 Å². The third-order valence-electron chi connectivity index (χ3n) is 1.79. The van der Waals surface area contributed by atoms with Crippen molar-refractivity contribution in [2.24, 2.45) is 5.41 Å². The van der Waals surface area contributed by atoms with Gasteiger partial charge in [-0.1, -0.05) is 51.8 Å². The molecule has 1 nitrogen and oxygen atoms in total. The second-order valence-corrected chi connectivity index (χ2v) is 5.52. The minimum atomic E-state index is 0.169. The van der Waals surface area contributed by atoms with Crippen molar-refractivity contribution < 1.29 is 4.74 Å². The van der Waals surface area contributed by atoms with Crippen molar-refractivity contribution in [2.45, 2.75) is 13.8 Å². The van der Waals surface area contributed by atoms with Crippen LogP contribution in [-0.2, 0) is 0 Å². The van der Waals surface area contributed by atoms with E-state index in [0.717, 1.165) is 15.6 Å². The smallest absolute Gasteiger partial charge is 0.120 e. The maximum Gasteiger partial charge on any atom is 0.120 e. The fourth-order valence-electron chi connectivity index (χ4n) is 0.874. The molecule has 0 aromatic heterocycles. The Bertz CT molecular complexity index is 297. The third kappa shape index (κ3) is 4.01. The lowest BCUT2D eigenvalue weighted by molar-refractivity contribution is 0.203. The second-order valence-electron chi connectivity index (χ2n) is 4.04. The first-order chi connectivity index (χ1) is 6.53. The molecule has 0 atom stereocenters. The summed E-state index contributed by atoms with van der Waals surface area (Å²) in [5.74, 6) is 0.911. The summed E-state index contributed by atoms with van der Waals surface area (Å²) in [6, 6.07) is 7.91. The molecule has 0 saturated carbocycles. The average molecular weight is 322 g/mol. The van der Waals surface area contributed by atoms with Crippen molar-refractivity contribution in [3.8, 4) is 5.75 Å². The minimum Gasteiger partial charge on any atom is -0.493 e. The molecule has 3 heteroatoms. The Labute approximate surface area is 102 Å². The molecule has 1 aromatic rings. The van der Waals surface area contributed by atoms with Crippen molar-refractivity contribution in [3.63, 3.8) is 0 Å². The molecule has 0 bridgehead atoms. The number of hydrogen-bond donors (Lipinski definition) is 0. The molecule has 1 aromatic carbocycles. The van der Waals surface area contributed by atoms with E-state index in [9.17, 15) is 0 Å². The Balaban J connectivity index is 2.54. The van der Waals surface area contributed by atoms with Gasteiger partial charge in [0.15, 0.2) is 0 Å². The van der Waals surface area contributed by atoms with Crippen LogP contribution in [0.4, 0.5) is 0 Å². The molecular weight excluding hydrogens is 308 g/mol. The lowest BCUT2D eigenvalue weighted by Gasteiger charge is -2.21. The van der Waals surface area contributed by atoms with Crippen molar-refractivity contribution in [3.05, 3.63) is 28.7 Å². The van der Waals surface area contributed by atoms with Crippen LogP contribution in [0.5, 0.6) is 5.75 Å². The predicted octanol–water partition coefficient (Wildman–Crippen LogP) is 4.25. The van der Waals surface area contributed by atoms with E-state index in [4.69, 9.17) is 4.74 Å². The molecule has 0 aliphatic heterocycles. The monoisotopic (exact) mass is 320 g/mol. The van der Waals surface area contributed by atoms with Crippen LogP contribution in [0.2, 0.25) is 0 Å². The summed E-state index contributed by atoms with van der Waals surface area (Å²) < 4.78 is 6.73. The van der Waals surface area contributed by atoms with Crippen molar-refractivity contribution in [2.75, 3.05) is 11.9 Å². The van der Waals surface area contributed by atoms with Gasteiger partial charge in [-0.25, -0.2) is 0 Å². The van der Waals surface area contributed by atoms with Gasteiger partial charge in [0.1, 0.15) is 5.75 Å². The van der Waals surface area contributed by atoms with Crippen LogP contribution in [0.25, 0.3) is 0 Å². The number of ether oxygens (including phenoxy) is 1. The summed E-state index contributed by atoms with van der Waals surface area (Å²) in [5.41, 5.74) is 0.169. The van der Waals surface area contributed by atoms with E-state index in [-0.39, 0.29) is 5.41 Å². The first-order valence-corrected chi connectivity index (χ1v) is 6.39. The van der Waals surface area contributed by atoms with Crippen molar-refractivity contribution in [1.29, 1.82) is 0 Å². The van der Waals surface area contributed by atoms with Gasteiger partial charge < -0.3 is 4.74 Å². The fraction of sp³-hybridized carbons (Fsp3) is 0.455. The van der Waals surface area contributed by atoms with Gasteiger partial charge >= 0.3 is 0 Å². The van der Waals surface area contributed by atoms with Crippen LogP contribution in [-0.4, -0.2) is 11.9 Å². The summed E-state index contributed by atoms with van der Waals surface area (Å²) in [6.07, 6.45) is 0. The van der Waals surface area contributed by atoms with Crippen molar-refractivity contribution in [1.82, 2.24) is 0 Å². The van der Waals surface area contributed by atoms with E-state index < -0.39 is 0 Å². The molecule has 78 valence electrons. The highest BCUT2D eigenvalue weighted by Gasteiger charge is 2.16. The summed E-state index contributed by atoms with van der Waals surface area (Å²) in [4.78, 5) is 0. The zero-order chi connectivity index (χ0) is 10.6. The third-order valence-corrected chi connectivity index (χ3v) is 3.80. The van der Waals surface area contributed by atoms with Gasteiger partial charge in [0.05, 0.1) is 6.61 Å². The molecule has 1 rings (SSSR count). The molecular formula is C11H14Br2O. The first-order valence-electron chi connectivity index (χ1n) is 4.48. The van der Waals surface area contributed by atoms with Gasteiger partial charge in [0.2, 0.25) is 0 Å². The SMILES string of the molecule is CC(C)(CBr)COc1cccc(Br)c1. The molecule has 0 amide bonds. The normalized spacial score (nSPS) is 11.4. The lowest BCUT2D eigenvalue weighted by Crippen LogP contribution is -2.22. The summed E-state index contributed by atoms with van der Waals surface area (Å²) >= 11 is 6.88. The zero-order valence-corrected chi connectivity index (χ0v) is 11.6. The number of hydrogen-bond acceptors (Lipinski definition) is 1. The van der Waals surface area contributed by atoms with Gasteiger partial charge in [-0.05, 0) is 18.2 Å². The molecule has 0 unspecified atom stereocenters. The number of alkyl halides is 1. The Morgan fingerprint density at radius 1 is 1.36 bits per heavy atom. The average Bonchev–Trinajstić information content (AvgIpc) is 2.15. The van der Waals surface area contributed by atoms with Gasteiger partial charge in [0.25, 0.3) is 0 Å². The standard InChI is InChI=1S/C11H14Br2O/c1-11(2,7-12)8-14-10-5-3-4-9(13)6-10/h3-6H,7-8H2,1-2H3. The van der Waals surface area contributed by atoms with Gasteiger partial charge in [-0.15, -0.1) is 0 Å².